The molecule has 16 heavy (non-hydrogen) atoms. The summed E-state index contributed by atoms with van der Waals surface area (Å²) in [6, 6.07) is 4.87. The zero-order valence-electron chi connectivity index (χ0n) is 8.58. The van der Waals surface area contributed by atoms with E-state index in [9.17, 15) is 4.79 Å². The van der Waals surface area contributed by atoms with Crippen molar-refractivity contribution in [3.63, 3.8) is 0 Å². The van der Waals surface area contributed by atoms with Crippen LogP contribution in [0.25, 0.3) is 0 Å². The maximum atomic E-state index is 11.7. The first kappa shape index (κ1) is 13.8. The van der Waals surface area contributed by atoms with Gasteiger partial charge in [-0.25, -0.2) is 0 Å². The van der Waals surface area contributed by atoms with Gasteiger partial charge in [0.2, 0.25) is 0 Å². The number of halogens is 2. The zero-order chi connectivity index (χ0) is 12.0. The predicted molar refractivity (Wildman–Crippen MR) is 69.8 cm³/mol. The number of thioether (sulfide) groups is 1. The number of carbonyl (C=O) groups is 1. The van der Waals surface area contributed by atoms with E-state index in [4.69, 9.17) is 28.3 Å². The molecule has 0 atom stereocenters. The molecule has 0 aliphatic carbocycles. The van der Waals surface area contributed by atoms with Gasteiger partial charge in [0.15, 0.2) is 5.78 Å². The molecule has 0 fully saturated rings. The SMILES string of the molecule is O=C(CSCCCO)c1ccc(Cl)c(Cl)c1. The Balaban J connectivity index is 2.50. The minimum Gasteiger partial charge on any atom is -0.396 e. The molecule has 0 radical (unpaired) electrons. The van der Waals surface area contributed by atoms with Crippen molar-refractivity contribution in [1.29, 1.82) is 0 Å². The van der Waals surface area contributed by atoms with Crippen molar-refractivity contribution < 1.29 is 9.90 Å². The van der Waals surface area contributed by atoms with Crippen molar-refractivity contribution in [3.8, 4) is 0 Å². The topological polar surface area (TPSA) is 37.3 Å². The van der Waals surface area contributed by atoms with E-state index in [0.29, 0.717) is 27.8 Å². The largest absolute Gasteiger partial charge is 0.396 e. The van der Waals surface area contributed by atoms with E-state index >= 15 is 0 Å². The molecule has 0 saturated heterocycles. The van der Waals surface area contributed by atoms with Crippen LogP contribution in [-0.4, -0.2) is 29.0 Å². The molecule has 0 unspecified atom stereocenters. The van der Waals surface area contributed by atoms with Crippen LogP contribution in [0.3, 0.4) is 0 Å². The monoisotopic (exact) mass is 278 g/mol. The molecule has 1 N–H and O–H groups in total. The summed E-state index contributed by atoms with van der Waals surface area (Å²) in [6.07, 6.45) is 0.708. The van der Waals surface area contributed by atoms with Gasteiger partial charge >= 0.3 is 0 Å². The van der Waals surface area contributed by atoms with Crippen molar-refractivity contribution in [2.75, 3.05) is 18.1 Å². The molecular weight excluding hydrogens is 267 g/mol. The van der Waals surface area contributed by atoms with Crippen LogP contribution < -0.4 is 0 Å². The van der Waals surface area contributed by atoms with Gasteiger partial charge in [0.05, 0.1) is 15.8 Å². The third-order valence-corrected chi connectivity index (χ3v) is 3.70. The first-order chi connectivity index (χ1) is 7.65. The molecule has 0 aliphatic heterocycles. The van der Waals surface area contributed by atoms with E-state index in [1.807, 2.05) is 0 Å². The Bertz CT molecular complexity index is 369. The Morgan fingerprint density at radius 3 is 2.69 bits per heavy atom. The third-order valence-electron chi connectivity index (χ3n) is 1.92. The van der Waals surface area contributed by atoms with E-state index in [1.54, 1.807) is 18.2 Å². The van der Waals surface area contributed by atoms with Crippen molar-refractivity contribution in [2.24, 2.45) is 0 Å². The van der Waals surface area contributed by atoms with Crippen LogP contribution in [0.1, 0.15) is 16.8 Å². The van der Waals surface area contributed by atoms with Gasteiger partial charge in [0, 0.05) is 12.2 Å². The van der Waals surface area contributed by atoms with Crippen LogP contribution in [0.15, 0.2) is 18.2 Å². The Hall–Kier alpha value is -0.220. The van der Waals surface area contributed by atoms with Gasteiger partial charge in [0.1, 0.15) is 0 Å². The van der Waals surface area contributed by atoms with E-state index in [0.717, 1.165) is 5.75 Å². The first-order valence-corrected chi connectivity index (χ1v) is 6.73. The van der Waals surface area contributed by atoms with E-state index in [-0.39, 0.29) is 12.4 Å². The fourth-order valence-corrected chi connectivity index (χ4v) is 2.21. The summed E-state index contributed by atoms with van der Waals surface area (Å²) >= 11 is 13.1. The molecule has 0 bridgehead atoms. The molecule has 1 rings (SSSR count). The quantitative estimate of drug-likeness (QED) is 0.641. The highest BCUT2D eigenvalue weighted by Gasteiger charge is 2.07. The average Bonchev–Trinajstić information content (AvgIpc) is 2.28. The van der Waals surface area contributed by atoms with Gasteiger partial charge in [-0.2, -0.15) is 11.8 Å². The smallest absolute Gasteiger partial charge is 0.172 e. The molecule has 2 nitrogen and oxygen atoms in total. The molecule has 0 spiro atoms. The molecule has 0 amide bonds. The normalized spacial score (nSPS) is 10.4. The lowest BCUT2D eigenvalue weighted by Gasteiger charge is -2.02. The van der Waals surface area contributed by atoms with Gasteiger partial charge in [-0.3, -0.25) is 4.79 Å². The summed E-state index contributed by atoms with van der Waals surface area (Å²) in [5.74, 6) is 1.21. The zero-order valence-corrected chi connectivity index (χ0v) is 10.9. The number of carbonyl (C=O) groups excluding carboxylic acids is 1. The number of aliphatic hydroxyl groups excluding tert-OH is 1. The van der Waals surface area contributed by atoms with Gasteiger partial charge in [-0.15, -0.1) is 0 Å². The molecule has 0 aliphatic rings. The molecule has 0 heterocycles. The van der Waals surface area contributed by atoms with E-state index in [2.05, 4.69) is 0 Å². The van der Waals surface area contributed by atoms with Gasteiger partial charge in [0.25, 0.3) is 0 Å². The second-order valence-corrected chi connectivity index (χ2v) is 5.10. The number of rotatable bonds is 6. The maximum Gasteiger partial charge on any atom is 0.172 e. The molecule has 1 aromatic rings. The Morgan fingerprint density at radius 1 is 1.31 bits per heavy atom. The minimum atomic E-state index is 0.0292. The highest BCUT2D eigenvalue weighted by molar-refractivity contribution is 7.99. The number of aliphatic hydroxyl groups is 1. The number of hydrogen-bond acceptors (Lipinski definition) is 3. The van der Waals surface area contributed by atoms with Crippen molar-refractivity contribution in [1.82, 2.24) is 0 Å². The lowest BCUT2D eigenvalue weighted by atomic mass is 10.1. The molecule has 5 heteroatoms. The maximum absolute atomic E-state index is 11.7. The number of Topliss-reactive ketones (excluding diaryl/α,β-unsaturated/α-hetero) is 1. The standard InChI is InChI=1S/C11H12Cl2O2S/c12-9-3-2-8(6-10(9)13)11(15)7-16-5-1-4-14/h2-3,6,14H,1,4-5,7H2. The van der Waals surface area contributed by atoms with E-state index in [1.165, 1.54) is 11.8 Å². The number of ketones is 1. The fraction of sp³-hybridized carbons (Fsp3) is 0.364. The van der Waals surface area contributed by atoms with Gasteiger partial charge in [-0.05, 0) is 30.4 Å². The second-order valence-electron chi connectivity index (χ2n) is 3.18. The average molecular weight is 279 g/mol. The van der Waals surface area contributed by atoms with E-state index < -0.39 is 0 Å². The van der Waals surface area contributed by atoms with Crippen LogP contribution in [0.5, 0.6) is 0 Å². The lowest BCUT2D eigenvalue weighted by Crippen LogP contribution is -2.03. The summed E-state index contributed by atoms with van der Waals surface area (Å²) < 4.78 is 0. The summed E-state index contributed by atoms with van der Waals surface area (Å²) in [7, 11) is 0. The Kier molecular flexibility index (Phi) is 6.21. The van der Waals surface area contributed by atoms with Crippen LogP contribution in [0.2, 0.25) is 10.0 Å². The van der Waals surface area contributed by atoms with Gasteiger partial charge < -0.3 is 5.11 Å². The summed E-state index contributed by atoms with van der Waals surface area (Å²) in [6.45, 7) is 0.161. The van der Waals surface area contributed by atoms with Crippen LogP contribution in [0, 0.1) is 0 Å². The van der Waals surface area contributed by atoms with Crippen LogP contribution in [0.4, 0.5) is 0 Å². The minimum absolute atomic E-state index is 0.0292. The van der Waals surface area contributed by atoms with Gasteiger partial charge in [-0.1, -0.05) is 23.2 Å². The molecule has 0 saturated carbocycles. The molecule has 1 aromatic carbocycles. The van der Waals surface area contributed by atoms with Crippen LogP contribution >= 0.6 is 35.0 Å². The molecule has 88 valence electrons. The number of benzene rings is 1. The van der Waals surface area contributed by atoms with Crippen molar-refractivity contribution >= 4 is 40.7 Å². The second kappa shape index (κ2) is 7.17. The lowest BCUT2D eigenvalue weighted by molar-refractivity contribution is 0.102. The fourth-order valence-electron chi connectivity index (χ4n) is 1.08. The molecule has 0 aromatic heterocycles. The Labute approximate surface area is 109 Å². The summed E-state index contributed by atoms with van der Waals surface area (Å²) in [5, 5.41) is 9.43. The highest BCUT2D eigenvalue weighted by atomic mass is 35.5. The summed E-state index contributed by atoms with van der Waals surface area (Å²) in [5.41, 5.74) is 0.575. The predicted octanol–water partition coefficient (Wildman–Crippen LogP) is 3.29. The third kappa shape index (κ3) is 4.34. The van der Waals surface area contributed by atoms with Crippen LogP contribution in [-0.2, 0) is 0 Å². The van der Waals surface area contributed by atoms with Crippen molar-refractivity contribution in [3.05, 3.63) is 33.8 Å². The summed E-state index contributed by atoms with van der Waals surface area (Å²) in [4.78, 5) is 11.7. The molecular formula is C11H12Cl2O2S. The highest BCUT2D eigenvalue weighted by Crippen LogP contribution is 2.23. The van der Waals surface area contributed by atoms with Crippen molar-refractivity contribution in [2.45, 2.75) is 6.42 Å². The first-order valence-electron chi connectivity index (χ1n) is 4.82. The Morgan fingerprint density at radius 2 is 2.06 bits per heavy atom. The number of hydrogen-bond donors (Lipinski definition) is 1.